The predicted octanol–water partition coefficient (Wildman–Crippen LogP) is -3.50. The molecule has 0 aromatic carbocycles. The van der Waals surface area contributed by atoms with Crippen molar-refractivity contribution < 1.29 is 20.1 Å². The number of hydrogen-bond donors (Lipinski definition) is 6. The summed E-state index contributed by atoms with van der Waals surface area (Å²) in [7, 11) is 0. The standard InChI is InChI=1S/C11H13N5O6/c12-7-4-8(14-11(21)15-9(4)20)16(2-13-7)10-6(19)5(18)3(1-17)22-10/h2-3,5-6,10,12,17-19H,1H2,(H2,14,15,20,21)/t3-,5-,6-,10-/m1/s1. The van der Waals surface area contributed by atoms with Crippen molar-refractivity contribution in [1.82, 2.24) is 19.5 Å². The van der Waals surface area contributed by atoms with Gasteiger partial charge in [-0.05, 0) is 0 Å². The van der Waals surface area contributed by atoms with Crippen molar-refractivity contribution in [1.29, 1.82) is 5.41 Å². The number of aromatic nitrogens is 4. The van der Waals surface area contributed by atoms with Crippen molar-refractivity contribution in [2.24, 2.45) is 0 Å². The lowest BCUT2D eigenvalue weighted by molar-refractivity contribution is -0.0515. The number of rotatable bonds is 2. The van der Waals surface area contributed by atoms with Crippen LogP contribution < -0.4 is 16.7 Å². The van der Waals surface area contributed by atoms with Crippen LogP contribution in [-0.4, -0.2) is 59.8 Å². The maximum atomic E-state index is 11.8. The van der Waals surface area contributed by atoms with Crippen molar-refractivity contribution in [2.45, 2.75) is 24.5 Å². The molecule has 1 aliphatic heterocycles. The lowest BCUT2D eigenvalue weighted by Crippen LogP contribution is -2.35. The highest BCUT2D eigenvalue weighted by molar-refractivity contribution is 5.71. The molecule has 118 valence electrons. The summed E-state index contributed by atoms with van der Waals surface area (Å²) >= 11 is 0. The number of H-pyrrole nitrogens is 2. The molecule has 22 heavy (non-hydrogen) atoms. The van der Waals surface area contributed by atoms with E-state index in [9.17, 15) is 19.8 Å². The van der Waals surface area contributed by atoms with E-state index < -0.39 is 42.4 Å². The normalized spacial score (nSPS) is 28.3. The van der Waals surface area contributed by atoms with E-state index in [2.05, 4.69) is 9.97 Å². The second-order valence-electron chi connectivity index (χ2n) is 4.86. The number of nitrogens with one attached hydrogen (secondary N) is 3. The monoisotopic (exact) mass is 311 g/mol. The van der Waals surface area contributed by atoms with Gasteiger partial charge in [-0.15, -0.1) is 0 Å². The van der Waals surface area contributed by atoms with Crippen LogP contribution in [0.4, 0.5) is 0 Å². The van der Waals surface area contributed by atoms with E-state index in [1.807, 2.05) is 4.98 Å². The summed E-state index contributed by atoms with van der Waals surface area (Å²) in [5, 5.41) is 36.4. The Hall–Kier alpha value is -2.34. The number of nitrogens with zero attached hydrogens (tertiary/aromatic N) is 2. The summed E-state index contributed by atoms with van der Waals surface area (Å²) in [6, 6.07) is 0. The van der Waals surface area contributed by atoms with E-state index in [-0.39, 0.29) is 16.5 Å². The third-order valence-electron chi connectivity index (χ3n) is 3.52. The molecule has 2 aromatic rings. The van der Waals surface area contributed by atoms with Crippen LogP contribution in [0.1, 0.15) is 6.23 Å². The molecular formula is C11H13N5O6. The van der Waals surface area contributed by atoms with Gasteiger partial charge in [-0.25, -0.2) is 9.78 Å². The molecule has 0 unspecified atom stereocenters. The molecule has 0 saturated carbocycles. The minimum absolute atomic E-state index is 0.0800. The highest BCUT2D eigenvalue weighted by Crippen LogP contribution is 2.29. The smallest absolute Gasteiger partial charge is 0.327 e. The van der Waals surface area contributed by atoms with Gasteiger partial charge in [-0.1, -0.05) is 0 Å². The van der Waals surface area contributed by atoms with Gasteiger partial charge >= 0.3 is 5.69 Å². The molecule has 2 aromatic heterocycles. The molecule has 3 heterocycles. The Morgan fingerprint density at radius 3 is 2.68 bits per heavy atom. The van der Waals surface area contributed by atoms with Crippen LogP contribution in [0.3, 0.4) is 0 Å². The highest BCUT2D eigenvalue weighted by Gasteiger charge is 2.43. The van der Waals surface area contributed by atoms with Crippen LogP contribution in [0.15, 0.2) is 15.9 Å². The van der Waals surface area contributed by atoms with Crippen LogP contribution in [0.2, 0.25) is 0 Å². The summed E-state index contributed by atoms with van der Waals surface area (Å²) < 4.78 is 6.46. The Balaban J connectivity index is 2.25. The molecule has 11 heteroatoms. The summed E-state index contributed by atoms with van der Waals surface area (Å²) in [5.74, 6) is 0. The van der Waals surface area contributed by atoms with Gasteiger partial charge in [0, 0.05) is 0 Å². The second-order valence-corrected chi connectivity index (χ2v) is 4.86. The molecule has 11 nitrogen and oxygen atoms in total. The lowest BCUT2D eigenvalue weighted by atomic mass is 10.1. The molecule has 0 amide bonds. The summed E-state index contributed by atoms with van der Waals surface area (Å²) in [6.07, 6.45) is -3.86. The molecule has 1 aliphatic rings. The first-order valence-corrected chi connectivity index (χ1v) is 6.34. The van der Waals surface area contributed by atoms with E-state index in [4.69, 9.17) is 15.3 Å². The molecule has 0 bridgehead atoms. The second kappa shape index (κ2) is 5.14. The van der Waals surface area contributed by atoms with Crippen LogP contribution in [0.5, 0.6) is 0 Å². The molecule has 3 rings (SSSR count). The minimum atomic E-state index is -1.41. The molecule has 0 radical (unpaired) electrons. The van der Waals surface area contributed by atoms with Gasteiger partial charge in [0.25, 0.3) is 5.56 Å². The molecule has 6 N–H and O–H groups in total. The molecule has 0 spiro atoms. The topological polar surface area (TPSA) is 177 Å². The number of fused-ring (bicyclic) bond motifs is 1. The van der Waals surface area contributed by atoms with Crippen molar-refractivity contribution in [2.75, 3.05) is 6.61 Å². The Labute approximate surface area is 121 Å². The van der Waals surface area contributed by atoms with E-state index in [0.29, 0.717) is 0 Å². The fraction of sp³-hybridized carbons (Fsp3) is 0.455. The average molecular weight is 311 g/mol. The lowest BCUT2D eigenvalue weighted by Gasteiger charge is -2.19. The van der Waals surface area contributed by atoms with Gasteiger partial charge in [0.1, 0.15) is 35.7 Å². The Kier molecular flexibility index (Phi) is 3.41. The SMILES string of the molecule is N=c1ncn([C@@H]2O[C@H](CO)[C@@H](O)[C@H]2O)c2[nH]c(=O)[nH]c(=O)c12. The van der Waals surface area contributed by atoms with Gasteiger partial charge in [0.2, 0.25) is 0 Å². The Morgan fingerprint density at radius 2 is 2.05 bits per heavy atom. The zero-order valence-corrected chi connectivity index (χ0v) is 11.1. The van der Waals surface area contributed by atoms with E-state index in [1.165, 1.54) is 0 Å². The van der Waals surface area contributed by atoms with Crippen molar-refractivity contribution in [3.05, 3.63) is 32.7 Å². The van der Waals surface area contributed by atoms with Gasteiger partial charge in [0.05, 0.1) is 6.61 Å². The van der Waals surface area contributed by atoms with Crippen LogP contribution in [0, 0.1) is 5.41 Å². The maximum absolute atomic E-state index is 11.8. The van der Waals surface area contributed by atoms with Crippen LogP contribution in [0.25, 0.3) is 11.0 Å². The maximum Gasteiger partial charge on any atom is 0.327 e. The number of ether oxygens (including phenoxy) is 1. The Morgan fingerprint density at radius 1 is 1.32 bits per heavy atom. The summed E-state index contributed by atoms with van der Waals surface area (Å²) in [4.78, 5) is 31.3. The molecule has 1 saturated heterocycles. The molecule has 1 fully saturated rings. The zero-order valence-electron chi connectivity index (χ0n) is 11.1. The number of aliphatic hydroxyl groups excluding tert-OH is 3. The number of aromatic amines is 2. The first-order chi connectivity index (χ1) is 10.4. The summed E-state index contributed by atoms with van der Waals surface area (Å²) in [5.41, 5.74) is -2.06. The van der Waals surface area contributed by atoms with E-state index in [0.717, 1.165) is 10.9 Å². The molecular weight excluding hydrogens is 298 g/mol. The average Bonchev–Trinajstić information content (AvgIpc) is 2.75. The quantitative estimate of drug-likeness (QED) is 0.333. The van der Waals surface area contributed by atoms with Gasteiger partial charge in [0.15, 0.2) is 11.7 Å². The third-order valence-corrected chi connectivity index (χ3v) is 3.52. The van der Waals surface area contributed by atoms with Crippen molar-refractivity contribution in [3.63, 3.8) is 0 Å². The molecule has 4 atom stereocenters. The predicted molar refractivity (Wildman–Crippen MR) is 69.8 cm³/mol. The van der Waals surface area contributed by atoms with Crippen LogP contribution in [-0.2, 0) is 4.74 Å². The highest BCUT2D eigenvalue weighted by atomic mass is 16.6. The van der Waals surface area contributed by atoms with Gasteiger partial charge in [-0.2, -0.15) is 0 Å². The van der Waals surface area contributed by atoms with Gasteiger partial charge in [-0.3, -0.25) is 24.7 Å². The Bertz CT molecular complexity index is 885. The van der Waals surface area contributed by atoms with Crippen molar-refractivity contribution in [3.8, 4) is 0 Å². The van der Waals surface area contributed by atoms with E-state index in [1.54, 1.807) is 0 Å². The first kappa shape index (κ1) is 14.6. The van der Waals surface area contributed by atoms with E-state index >= 15 is 0 Å². The molecule has 0 aliphatic carbocycles. The minimum Gasteiger partial charge on any atom is -0.394 e. The number of aliphatic hydroxyl groups is 3. The first-order valence-electron chi connectivity index (χ1n) is 6.34. The zero-order chi connectivity index (χ0) is 16.0. The number of hydrogen-bond acceptors (Lipinski definition) is 8. The fourth-order valence-electron chi connectivity index (χ4n) is 2.43. The van der Waals surface area contributed by atoms with Crippen molar-refractivity contribution >= 4 is 11.0 Å². The largest absolute Gasteiger partial charge is 0.394 e. The van der Waals surface area contributed by atoms with Crippen LogP contribution >= 0.6 is 0 Å². The fourth-order valence-corrected chi connectivity index (χ4v) is 2.43. The third kappa shape index (κ3) is 2.07. The summed E-state index contributed by atoms with van der Waals surface area (Å²) in [6.45, 7) is -0.520. The van der Waals surface area contributed by atoms with Gasteiger partial charge < -0.3 is 20.1 Å².